The standard InChI is InChI=1S/C3H6NOS/c1-5-3(6)2-4/h4H,2H2,1H3. The van der Waals surface area contributed by atoms with Crippen molar-refractivity contribution in [2.45, 2.75) is 0 Å². The smallest absolute Gasteiger partial charge is 0.174 e. The number of methoxy groups -OCH3 is 1. The maximum Gasteiger partial charge on any atom is 0.174 e. The molecule has 0 rings (SSSR count). The first-order valence-corrected chi connectivity index (χ1v) is 1.93. The highest BCUT2D eigenvalue weighted by atomic mass is 32.1. The lowest BCUT2D eigenvalue weighted by Gasteiger charge is -1.91. The average molecular weight is 104 g/mol. The van der Waals surface area contributed by atoms with E-state index >= 15 is 0 Å². The molecule has 0 saturated heterocycles. The summed E-state index contributed by atoms with van der Waals surface area (Å²) < 4.78 is 4.44. The predicted molar refractivity (Wildman–Crippen MR) is 27.6 cm³/mol. The van der Waals surface area contributed by atoms with Crippen molar-refractivity contribution in [2.24, 2.45) is 0 Å². The van der Waals surface area contributed by atoms with Crippen LogP contribution in [0.4, 0.5) is 0 Å². The van der Waals surface area contributed by atoms with Crippen molar-refractivity contribution in [1.29, 1.82) is 0 Å². The van der Waals surface area contributed by atoms with E-state index in [1.54, 1.807) is 0 Å². The first kappa shape index (κ1) is 5.85. The Bertz CT molecular complexity index is 48.8. The first-order valence-electron chi connectivity index (χ1n) is 1.52. The molecule has 0 bridgehead atoms. The van der Waals surface area contributed by atoms with Crippen LogP contribution in [0.1, 0.15) is 0 Å². The van der Waals surface area contributed by atoms with E-state index in [4.69, 9.17) is 5.73 Å². The van der Waals surface area contributed by atoms with Crippen LogP contribution in [0.15, 0.2) is 0 Å². The second kappa shape index (κ2) is 3.06. The maximum absolute atomic E-state index is 6.54. The average Bonchev–Trinajstić information content (AvgIpc) is 1.65. The van der Waals surface area contributed by atoms with Crippen molar-refractivity contribution in [3.05, 3.63) is 0 Å². The van der Waals surface area contributed by atoms with Gasteiger partial charge in [0, 0.05) is 0 Å². The topological polar surface area (TPSA) is 33.0 Å². The third-order valence-electron chi connectivity index (χ3n) is 0.372. The zero-order valence-electron chi connectivity index (χ0n) is 3.52. The third kappa shape index (κ3) is 2.11. The molecule has 0 atom stereocenters. The molecule has 1 N–H and O–H groups in total. The fourth-order valence-corrected chi connectivity index (χ4v) is 0.0722. The molecule has 2 nitrogen and oxygen atoms in total. The monoisotopic (exact) mass is 104 g/mol. The molecule has 0 aliphatic heterocycles. The summed E-state index contributed by atoms with van der Waals surface area (Å²) in [6, 6.07) is 0. The molecule has 6 heavy (non-hydrogen) atoms. The van der Waals surface area contributed by atoms with Gasteiger partial charge in [-0.1, -0.05) is 0 Å². The molecule has 0 spiro atoms. The Labute approximate surface area is 42.3 Å². The van der Waals surface area contributed by atoms with Crippen LogP contribution in [0, 0.1) is 0 Å². The van der Waals surface area contributed by atoms with Gasteiger partial charge in [-0.25, -0.2) is 5.73 Å². The summed E-state index contributed by atoms with van der Waals surface area (Å²) in [5, 5.41) is 0.343. The predicted octanol–water partition coefficient (Wildman–Crippen LogP) is 0.243. The van der Waals surface area contributed by atoms with E-state index in [1.807, 2.05) is 0 Å². The van der Waals surface area contributed by atoms with Crippen molar-refractivity contribution in [2.75, 3.05) is 13.7 Å². The van der Waals surface area contributed by atoms with Crippen molar-refractivity contribution >= 4 is 17.3 Å². The molecule has 0 unspecified atom stereocenters. The normalized spacial score (nSPS) is 7.67. The Hall–Kier alpha value is -0.150. The lowest BCUT2D eigenvalue weighted by Crippen LogP contribution is -2.03. The third-order valence-corrected chi connectivity index (χ3v) is 0.683. The molecular formula is C3H6NOS. The number of hydrogen-bond acceptors (Lipinski definition) is 2. The maximum atomic E-state index is 6.54. The zero-order valence-corrected chi connectivity index (χ0v) is 4.34. The molecular weight excluding hydrogens is 98.1 g/mol. The van der Waals surface area contributed by atoms with Gasteiger partial charge in [0.2, 0.25) is 0 Å². The van der Waals surface area contributed by atoms with Gasteiger partial charge in [0.25, 0.3) is 0 Å². The lowest BCUT2D eigenvalue weighted by atomic mass is 10.7. The summed E-state index contributed by atoms with van der Waals surface area (Å²) in [7, 11) is 1.47. The minimum atomic E-state index is 0.0891. The highest BCUT2D eigenvalue weighted by Gasteiger charge is 1.82. The van der Waals surface area contributed by atoms with Crippen LogP contribution in [0.25, 0.3) is 0 Å². The summed E-state index contributed by atoms with van der Waals surface area (Å²) in [6.07, 6.45) is 0. The van der Waals surface area contributed by atoms with E-state index in [-0.39, 0.29) is 6.54 Å². The van der Waals surface area contributed by atoms with Crippen LogP contribution in [-0.4, -0.2) is 18.7 Å². The number of thiocarbonyl (C=S) groups is 1. The van der Waals surface area contributed by atoms with E-state index in [9.17, 15) is 0 Å². The van der Waals surface area contributed by atoms with E-state index in [0.29, 0.717) is 5.05 Å². The second-order valence-corrected chi connectivity index (χ2v) is 1.21. The molecule has 3 heteroatoms. The minimum Gasteiger partial charge on any atom is -0.489 e. The second-order valence-electron chi connectivity index (χ2n) is 0.753. The largest absolute Gasteiger partial charge is 0.489 e. The first-order chi connectivity index (χ1) is 2.81. The Morgan fingerprint density at radius 1 is 2.00 bits per heavy atom. The summed E-state index contributed by atoms with van der Waals surface area (Å²) in [6.45, 7) is 0.0891. The minimum absolute atomic E-state index is 0.0891. The summed E-state index contributed by atoms with van der Waals surface area (Å²) in [5.74, 6) is 0. The van der Waals surface area contributed by atoms with Crippen LogP contribution in [-0.2, 0) is 4.74 Å². The van der Waals surface area contributed by atoms with Gasteiger partial charge in [-0.15, -0.1) is 0 Å². The molecule has 0 aliphatic rings. The van der Waals surface area contributed by atoms with Crippen LogP contribution in [0.5, 0.6) is 0 Å². The Morgan fingerprint density at radius 3 is 2.50 bits per heavy atom. The quantitative estimate of drug-likeness (QED) is 0.446. The SMILES string of the molecule is COC(=S)C[NH]. The van der Waals surface area contributed by atoms with Crippen LogP contribution < -0.4 is 5.73 Å². The van der Waals surface area contributed by atoms with Crippen LogP contribution in [0.2, 0.25) is 0 Å². The number of nitrogens with one attached hydrogen (secondary N) is 1. The fourth-order valence-electron chi connectivity index (χ4n) is 0.0722. The molecule has 0 aromatic carbocycles. The van der Waals surface area contributed by atoms with Gasteiger partial charge < -0.3 is 4.74 Å². The van der Waals surface area contributed by atoms with Gasteiger partial charge in [0.15, 0.2) is 5.05 Å². The van der Waals surface area contributed by atoms with Crippen LogP contribution >= 0.6 is 12.2 Å². The van der Waals surface area contributed by atoms with Crippen molar-refractivity contribution in [1.82, 2.24) is 5.73 Å². The van der Waals surface area contributed by atoms with Gasteiger partial charge in [-0.3, -0.25) is 0 Å². The van der Waals surface area contributed by atoms with Gasteiger partial charge in [-0.05, 0) is 12.2 Å². The van der Waals surface area contributed by atoms with E-state index in [1.165, 1.54) is 7.11 Å². The zero-order chi connectivity index (χ0) is 4.99. The molecule has 0 fully saturated rings. The summed E-state index contributed by atoms with van der Waals surface area (Å²) in [4.78, 5) is 0. The molecule has 0 saturated carbocycles. The van der Waals surface area contributed by atoms with E-state index in [2.05, 4.69) is 17.0 Å². The van der Waals surface area contributed by atoms with Crippen molar-refractivity contribution in [3.8, 4) is 0 Å². The van der Waals surface area contributed by atoms with Gasteiger partial charge in [-0.2, -0.15) is 0 Å². The number of ether oxygens (including phenoxy) is 1. The van der Waals surface area contributed by atoms with E-state index < -0.39 is 0 Å². The molecule has 0 aromatic heterocycles. The molecule has 0 heterocycles. The van der Waals surface area contributed by atoms with Crippen molar-refractivity contribution < 1.29 is 4.74 Å². The van der Waals surface area contributed by atoms with Crippen molar-refractivity contribution in [3.63, 3.8) is 0 Å². The molecule has 1 radical (unpaired) electrons. The molecule has 0 aliphatic carbocycles. The van der Waals surface area contributed by atoms with Gasteiger partial charge >= 0.3 is 0 Å². The Kier molecular flexibility index (Phi) is 2.98. The van der Waals surface area contributed by atoms with Gasteiger partial charge in [0.05, 0.1) is 13.7 Å². The lowest BCUT2D eigenvalue weighted by molar-refractivity contribution is 0.407. The molecule has 0 aromatic rings. The summed E-state index contributed by atoms with van der Waals surface area (Å²) in [5.41, 5.74) is 6.54. The van der Waals surface area contributed by atoms with Gasteiger partial charge in [0.1, 0.15) is 0 Å². The Morgan fingerprint density at radius 2 is 2.50 bits per heavy atom. The fraction of sp³-hybridized carbons (Fsp3) is 0.667. The highest BCUT2D eigenvalue weighted by molar-refractivity contribution is 7.80. The van der Waals surface area contributed by atoms with Crippen LogP contribution in [0.3, 0.4) is 0 Å². The molecule has 35 valence electrons. The molecule has 0 amide bonds. The number of rotatable bonds is 1. The number of hydrogen-bond donors (Lipinski definition) is 0. The van der Waals surface area contributed by atoms with E-state index in [0.717, 1.165) is 0 Å². The highest BCUT2D eigenvalue weighted by Crippen LogP contribution is 1.70. The Balaban J connectivity index is 2.99. The summed E-state index contributed by atoms with van der Waals surface area (Å²) >= 11 is 4.45.